The van der Waals surface area contributed by atoms with Gasteiger partial charge in [0.25, 0.3) is 0 Å². The highest BCUT2D eigenvalue weighted by Gasteiger charge is 2.33. The first-order chi connectivity index (χ1) is 7.45. The summed E-state index contributed by atoms with van der Waals surface area (Å²) in [6, 6.07) is 2.63. The molecule has 0 unspecified atom stereocenters. The van der Waals surface area contributed by atoms with Gasteiger partial charge in [0, 0.05) is 17.7 Å². The zero-order chi connectivity index (χ0) is 12.2. The normalized spacial score (nSPS) is 10.8. The number of benzene rings is 1. The van der Waals surface area contributed by atoms with E-state index in [1.165, 1.54) is 0 Å². The largest absolute Gasteiger partial charge is 0.419 e. The van der Waals surface area contributed by atoms with Gasteiger partial charge in [-0.3, -0.25) is 0 Å². The maximum absolute atomic E-state index is 13.1. The molecule has 0 fully saturated rings. The van der Waals surface area contributed by atoms with Crippen molar-refractivity contribution in [2.45, 2.75) is 12.6 Å². The van der Waals surface area contributed by atoms with Gasteiger partial charge in [-0.2, -0.15) is 25.8 Å². The van der Waals surface area contributed by atoms with E-state index in [9.17, 15) is 17.6 Å². The van der Waals surface area contributed by atoms with E-state index in [-0.39, 0.29) is 5.56 Å². The molecule has 0 spiro atoms. The Morgan fingerprint density at radius 3 is 2.44 bits per heavy atom. The van der Waals surface area contributed by atoms with Crippen molar-refractivity contribution >= 4 is 12.6 Å². The van der Waals surface area contributed by atoms with Crippen LogP contribution in [0.15, 0.2) is 18.2 Å². The van der Waals surface area contributed by atoms with E-state index in [0.717, 1.165) is 12.1 Å². The Labute approximate surface area is 96.1 Å². The monoisotopic (exact) mass is 248 g/mol. The highest BCUT2D eigenvalue weighted by Crippen LogP contribution is 2.31. The van der Waals surface area contributed by atoms with Crippen molar-refractivity contribution in [1.29, 1.82) is 0 Å². The lowest BCUT2D eigenvalue weighted by Crippen LogP contribution is -2.07. The SMILES string of the molecule is Fc1cc(C#CCCS)ccc1C(F)(F)F. The molecular weight excluding hydrogens is 240 g/mol. The van der Waals surface area contributed by atoms with Crippen LogP contribution in [0.4, 0.5) is 17.6 Å². The summed E-state index contributed by atoms with van der Waals surface area (Å²) >= 11 is 3.92. The smallest absolute Gasteiger partial charge is 0.206 e. The van der Waals surface area contributed by atoms with Crippen LogP contribution in [0, 0.1) is 17.7 Å². The Balaban J connectivity index is 2.97. The molecule has 0 atom stereocenters. The minimum atomic E-state index is -4.67. The molecule has 0 amide bonds. The number of hydrogen-bond donors (Lipinski definition) is 1. The van der Waals surface area contributed by atoms with Gasteiger partial charge in [0.15, 0.2) is 0 Å². The molecule has 0 heterocycles. The Bertz CT molecular complexity index is 426. The summed E-state index contributed by atoms with van der Waals surface area (Å²) < 4.78 is 49.7. The molecule has 0 aliphatic heterocycles. The lowest BCUT2D eigenvalue weighted by Gasteiger charge is -2.07. The first-order valence-electron chi connectivity index (χ1n) is 4.41. The lowest BCUT2D eigenvalue weighted by atomic mass is 10.1. The fourth-order valence-electron chi connectivity index (χ4n) is 1.04. The maximum atomic E-state index is 13.1. The van der Waals surface area contributed by atoms with Crippen molar-refractivity contribution in [3.8, 4) is 11.8 Å². The zero-order valence-electron chi connectivity index (χ0n) is 8.11. The number of alkyl halides is 3. The average Bonchev–Trinajstić information content (AvgIpc) is 2.16. The van der Waals surface area contributed by atoms with Gasteiger partial charge in [-0.25, -0.2) is 4.39 Å². The van der Waals surface area contributed by atoms with Gasteiger partial charge >= 0.3 is 6.18 Å². The van der Waals surface area contributed by atoms with Crippen LogP contribution in [0.3, 0.4) is 0 Å². The van der Waals surface area contributed by atoms with Gasteiger partial charge in [0.2, 0.25) is 0 Å². The molecule has 0 aliphatic rings. The van der Waals surface area contributed by atoms with Crippen LogP contribution in [0.5, 0.6) is 0 Å². The minimum Gasteiger partial charge on any atom is -0.206 e. The Morgan fingerprint density at radius 2 is 1.94 bits per heavy atom. The highest BCUT2D eigenvalue weighted by atomic mass is 32.1. The van der Waals surface area contributed by atoms with Gasteiger partial charge in [-0.1, -0.05) is 11.8 Å². The molecule has 0 nitrogen and oxygen atoms in total. The fourth-order valence-corrected chi connectivity index (χ4v) is 1.16. The molecule has 0 saturated carbocycles. The van der Waals surface area contributed by atoms with Gasteiger partial charge in [0.05, 0.1) is 5.56 Å². The predicted octanol–water partition coefficient (Wildman–Crippen LogP) is 3.52. The van der Waals surface area contributed by atoms with Crippen LogP contribution in [-0.4, -0.2) is 5.75 Å². The number of rotatable bonds is 1. The van der Waals surface area contributed by atoms with Crippen LogP contribution in [-0.2, 0) is 6.18 Å². The minimum absolute atomic E-state index is 0.229. The average molecular weight is 248 g/mol. The van der Waals surface area contributed by atoms with Crippen LogP contribution in [0.2, 0.25) is 0 Å². The third-order valence-corrected chi connectivity index (χ3v) is 1.97. The summed E-state index contributed by atoms with van der Waals surface area (Å²) in [5.74, 6) is 4.47. The van der Waals surface area contributed by atoms with E-state index < -0.39 is 17.6 Å². The first kappa shape index (κ1) is 12.9. The van der Waals surface area contributed by atoms with E-state index in [1.807, 2.05) is 0 Å². The second kappa shape index (κ2) is 5.26. The van der Waals surface area contributed by atoms with Gasteiger partial charge in [-0.15, -0.1) is 0 Å². The Kier molecular flexibility index (Phi) is 4.25. The summed E-state index contributed by atoms with van der Waals surface area (Å²) in [6.07, 6.45) is -4.16. The van der Waals surface area contributed by atoms with Crippen molar-refractivity contribution < 1.29 is 17.6 Å². The molecule has 16 heavy (non-hydrogen) atoms. The molecule has 0 saturated heterocycles. The first-order valence-corrected chi connectivity index (χ1v) is 5.05. The molecule has 0 aromatic heterocycles. The zero-order valence-corrected chi connectivity index (χ0v) is 9.00. The number of hydrogen-bond acceptors (Lipinski definition) is 1. The van der Waals surface area contributed by atoms with Crippen molar-refractivity contribution in [3.63, 3.8) is 0 Å². The molecule has 1 rings (SSSR count). The Morgan fingerprint density at radius 1 is 1.25 bits per heavy atom. The molecule has 86 valence electrons. The molecule has 5 heteroatoms. The van der Waals surface area contributed by atoms with Gasteiger partial charge in [0.1, 0.15) is 5.82 Å². The number of halogens is 4. The van der Waals surface area contributed by atoms with Crippen molar-refractivity contribution in [2.24, 2.45) is 0 Å². The highest BCUT2D eigenvalue weighted by molar-refractivity contribution is 7.80. The topological polar surface area (TPSA) is 0 Å². The van der Waals surface area contributed by atoms with Crippen LogP contribution < -0.4 is 0 Å². The quantitative estimate of drug-likeness (QED) is 0.439. The fraction of sp³-hybridized carbons (Fsp3) is 0.273. The van der Waals surface area contributed by atoms with E-state index in [1.54, 1.807) is 0 Å². The second-order valence-electron chi connectivity index (χ2n) is 2.97. The summed E-state index contributed by atoms with van der Waals surface area (Å²) in [5, 5.41) is 0. The third kappa shape index (κ3) is 3.46. The van der Waals surface area contributed by atoms with Crippen molar-refractivity contribution in [3.05, 3.63) is 35.1 Å². The van der Waals surface area contributed by atoms with Crippen molar-refractivity contribution in [2.75, 3.05) is 5.75 Å². The predicted molar refractivity (Wildman–Crippen MR) is 56.8 cm³/mol. The second-order valence-corrected chi connectivity index (χ2v) is 3.41. The maximum Gasteiger partial charge on any atom is 0.419 e. The molecule has 1 aromatic rings. The summed E-state index contributed by atoms with van der Waals surface area (Å²) in [7, 11) is 0. The number of thiol groups is 1. The molecule has 0 N–H and O–H groups in total. The van der Waals surface area contributed by atoms with E-state index in [4.69, 9.17) is 0 Å². The molecular formula is C11H8F4S. The van der Waals surface area contributed by atoms with E-state index in [2.05, 4.69) is 24.5 Å². The van der Waals surface area contributed by atoms with Crippen molar-refractivity contribution in [1.82, 2.24) is 0 Å². The summed E-state index contributed by atoms with van der Waals surface area (Å²) in [4.78, 5) is 0. The molecule has 0 radical (unpaired) electrons. The third-order valence-electron chi connectivity index (χ3n) is 1.74. The van der Waals surface area contributed by atoms with Crippen LogP contribution in [0.1, 0.15) is 17.5 Å². The summed E-state index contributed by atoms with van der Waals surface area (Å²) in [5.41, 5.74) is -1.04. The Hall–Kier alpha value is -1.15. The molecule has 1 aromatic carbocycles. The van der Waals surface area contributed by atoms with Gasteiger partial charge < -0.3 is 0 Å². The van der Waals surface area contributed by atoms with E-state index in [0.29, 0.717) is 18.2 Å². The standard InChI is InChI=1S/C11H8F4S/c12-10-7-8(3-1-2-6-16)4-5-9(10)11(13,14)15/h4-5,7,16H,2,6H2. The summed E-state index contributed by atoms with van der Waals surface area (Å²) in [6.45, 7) is 0. The van der Waals surface area contributed by atoms with Gasteiger partial charge in [-0.05, 0) is 18.2 Å². The van der Waals surface area contributed by atoms with Crippen LogP contribution >= 0.6 is 12.6 Å². The lowest BCUT2D eigenvalue weighted by molar-refractivity contribution is -0.140. The van der Waals surface area contributed by atoms with E-state index >= 15 is 0 Å². The molecule has 0 bridgehead atoms. The molecule has 0 aliphatic carbocycles. The van der Waals surface area contributed by atoms with Crippen LogP contribution in [0.25, 0.3) is 0 Å².